The number of nitrogens with one attached hydrogen (secondary N) is 1. The second-order valence-electron chi connectivity index (χ2n) is 4.37. The predicted molar refractivity (Wildman–Crippen MR) is 55.3 cm³/mol. The smallest absolute Gasteiger partial charge is 0.330 e. The van der Waals surface area contributed by atoms with Crippen molar-refractivity contribution in [2.75, 3.05) is 6.54 Å². The Hall–Kier alpha value is -1.92. The minimum absolute atomic E-state index is 0.0744. The Balaban J connectivity index is 2.15. The molecule has 1 saturated carbocycles. The van der Waals surface area contributed by atoms with Crippen molar-refractivity contribution in [3.8, 4) is 0 Å². The molecule has 5 amide bonds. The third kappa shape index (κ3) is 1.67. The molecule has 0 aromatic carbocycles. The van der Waals surface area contributed by atoms with E-state index in [2.05, 4.69) is 5.32 Å². The highest BCUT2D eigenvalue weighted by Crippen LogP contribution is 2.44. The van der Waals surface area contributed by atoms with E-state index >= 15 is 0 Å². The first kappa shape index (κ1) is 11.6. The average Bonchev–Trinajstić information content (AvgIpc) is 2.13. The van der Waals surface area contributed by atoms with Gasteiger partial charge in [-0.05, 0) is 12.8 Å². The highest BCUT2D eigenvalue weighted by atomic mass is 16.2. The highest BCUT2D eigenvalue weighted by molar-refractivity contribution is 6.19. The van der Waals surface area contributed by atoms with Gasteiger partial charge in [0, 0.05) is 13.0 Å². The van der Waals surface area contributed by atoms with Crippen LogP contribution < -0.4 is 11.1 Å². The third-order valence-corrected chi connectivity index (χ3v) is 3.34. The summed E-state index contributed by atoms with van der Waals surface area (Å²) in [6.45, 7) is -0.0744. The van der Waals surface area contributed by atoms with Crippen LogP contribution in [-0.2, 0) is 14.4 Å². The van der Waals surface area contributed by atoms with Crippen LogP contribution >= 0.6 is 0 Å². The van der Waals surface area contributed by atoms with E-state index in [-0.39, 0.29) is 13.0 Å². The van der Waals surface area contributed by atoms with E-state index in [1.165, 1.54) is 0 Å². The van der Waals surface area contributed by atoms with Gasteiger partial charge in [0.15, 0.2) is 0 Å². The number of nitrogens with zero attached hydrogens (tertiary/aromatic N) is 1. The molecule has 0 bridgehead atoms. The monoisotopic (exact) mass is 239 g/mol. The van der Waals surface area contributed by atoms with Gasteiger partial charge >= 0.3 is 6.03 Å². The standard InChI is InChI=1S/C10H13N3O4/c11-6(14)2-5-13-8(16)10(3-1-4-10)7(15)12-9(13)17/h1-5H2,(H2,11,14)(H,12,15,17). The maximum absolute atomic E-state index is 12.1. The number of primary amides is 1. The van der Waals surface area contributed by atoms with Gasteiger partial charge in [-0.3, -0.25) is 24.6 Å². The van der Waals surface area contributed by atoms with Crippen molar-refractivity contribution in [2.45, 2.75) is 25.7 Å². The van der Waals surface area contributed by atoms with Crippen molar-refractivity contribution in [1.29, 1.82) is 0 Å². The maximum Gasteiger partial charge on any atom is 0.330 e. The molecule has 7 heteroatoms. The zero-order valence-electron chi connectivity index (χ0n) is 9.19. The normalized spacial score (nSPS) is 22.4. The van der Waals surface area contributed by atoms with E-state index < -0.39 is 29.2 Å². The zero-order valence-corrected chi connectivity index (χ0v) is 9.19. The molecule has 1 heterocycles. The zero-order chi connectivity index (χ0) is 12.6. The molecule has 3 N–H and O–H groups in total. The van der Waals surface area contributed by atoms with Gasteiger partial charge in [-0.1, -0.05) is 6.42 Å². The minimum atomic E-state index is -1.08. The predicted octanol–water partition coefficient (Wildman–Crippen LogP) is -0.890. The van der Waals surface area contributed by atoms with Gasteiger partial charge in [-0.2, -0.15) is 0 Å². The van der Waals surface area contributed by atoms with E-state index in [1.807, 2.05) is 0 Å². The number of imide groups is 2. The summed E-state index contributed by atoms with van der Waals surface area (Å²) in [7, 11) is 0. The van der Waals surface area contributed by atoms with E-state index in [0.717, 1.165) is 11.3 Å². The lowest BCUT2D eigenvalue weighted by molar-refractivity contribution is -0.157. The van der Waals surface area contributed by atoms with Gasteiger partial charge in [0.1, 0.15) is 5.41 Å². The fourth-order valence-electron chi connectivity index (χ4n) is 2.13. The van der Waals surface area contributed by atoms with Crippen molar-refractivity contribution in [2.24, 2.45) is 11.1 Å². The second kappa shape index (κ2) is 3.83. The van der Waals surface area contributed by atoms with Crippen molar-refractivity contribution < 1.29 is 19.2 Å². The van der Waals surface area contributed by atoms with Crippen LogP contribution in [0.25, 0.3) is 0 Å². The fourth-order valence-corrected chi connectivity index (χ4v) is 2.13. The number of urea groups is 1. The Morgan fingerprint density at radius 3 is 2.47 bits per heavy atom. The van der Waals surface area contributed by atoms with Gasteiger partial charge in [-0.15, -0.1) is 0 Å². The van der Waals surface area contributed by atoms with Crippen LogP contribution in [0.5, 0.6) is 0 Å². The summed E-state index contributed by atoms with van der Waals surface area (Å²) in [5, 5.41) is 2.15. The Morgan fingerprint density at radius 2 is 2.00 bits per heavy atom. The van der Waals surface area contributed by atoms with Crippen molar-refractivity contribution in [3.63, 3.8) is 0 Å². The number of rotatable bonds is 3. The van der Waals surface area contributed by atoms with Crippen LogP contribution in [0.2, 0.25) is 0 Å². The Kier molecular flexibility index (Phi) is 2.60. The molecule has 0 unspecified atom stereocenters. The van der Waals surface area contributed by atoms with E-state index in [4.69, 9.17) is 5.73 Å². The first-order valence-corrected chi connectivity index (χ1v) is 5.43. The van der Waals surface area contributed by atoms with Crippen LogP contribution in [0.4, 0.5) is 4.79 Å². The average molecular weight is 239 g/mol. The number of amides is 5. The number of carbonyl (C=O) groups is 4. The minimum Gasteiger partial charge on any atom is -0.370 e. The SMILES string of the molecule is NC(=O)CCN1C(=O)NC(=O)C2(CCC2)C1=O. The lowest BCUT2D eigenvalue weighted by atomic mass is 9.66. The summed E-state index contributed by atoms with van der Waals surface area (Å²) in [6.07, 6.45) is 1.61. The van der Waals surface area contributed by atoms with Gasteiger partial charge in [0.05, 0.1) is 0 Å². The Labute approximate surface area is 97.3 Å². The molecular formula is C10H13N3O4. The largest absolute Gasteiger partial charge is 0.370 e. The Bertz CT molecular complexity index is 414. The van der Waals surface area contributed by atoms with Gasteiger partial charge in [0.2, 0.25) is 17.7 Å². The second-order valence-corrected chi connectivity index (χ2v) is 4.37. The molecule has 2 rings (SSSR count). The molecule has 0 radical (unpaired) electrons. The lowest BCUT2D eigenvalue weighted by Crippen LogP contribution is -2.66. The summed E-state index contributed by atoms with van der Waals surface area (Å²) < 4.78 is 0. The number of nitrogens with two attached hydrogens (primary N) is 1. The quantitative estimate of drug-likeness (QED) is 0.622. The molecule has 2 fully saturated rings. The molecule has 1 aliphatic heterocycles. The summed E-state index contributed by atoms with van der Waals surface area (Å²) >= 11 is 0. The van der Waals surface area contributed by atoms with Crippen molar-refractivity contribution in [1.82, 2.24) is 10.2 Å². The fraction of sp³-hybridized carbons (Fsp3) is 0.600. The molecular weight excluding hydrogens is 226 g/mol. The van der Waals surface area contributed by atoms with Gasteiger partial charge in [-0.25, -0.2) is 4.79 Å². The van der Waals surface area contributed by atoms with Crippen LogP contribution in [0, 0.1) is 5.41 Å². The van der Waals surface area contributed by atoms with Crippen LogP contribution in [-0.4, -0.2) is 35.2 Å². The number of hydrogen-bond donors (Lipinski definition) is 2. The summed E-state index contributed by atoms with van der Waals surface area (Å²) in [6, 6.07) is -0.765. The van der Waals surface area contributed by atoms with E-state index in [0.29, 0.717) is 12.8 Å². The molecule has 17 heavy (non-hydrogen) atoms. The summed E-state index contributed by atoms with van der Waals surface area (Å²) in [5.74, 6) is -1.61. The lowest BCUT2D eigenvalue weighted by Gasteiger charge is -2.44. The molecule has 0 aromatic heterocycles. The molecule has 1 aliphatic carbocycles. The molecule has 1 saturated heterocycles. The topological polar surface area (TPSA) is 110 Å². The van der Waals surface area contributed by atoms with Crippen molar-refractivity contribution >= 4 is 23.8 Å². The first-order valence-electron chi connectivity index (χ1n) is 5.43. The van der Waals surface area contributed by atoms with E-state index in [9.17, 15) is 19.2 Å². The van der Waals surface area contributed by atoms with Crippen LogP contribution in [0.15, 0.2) is 0 Å². The van der Waals surface area contributed by atoms with E-state index in [1.54, 1.807) is 0 Å². The van der Waals surface area contributed by atoms with Gasteiger partial charge in [0.25, 0.3) is 0 Å². The number of barbiturate groups is 1. The van der Waals surface area contributed by atoms with Crippen LogP contribution in [0.3, 0.4) is 0 Å². The molecule has 1 spiro atoms. The van der Waals surface area contributed by atoms with Crippen LogP contribution in [0.1, 0.15) is 25.7 Å². The summed E-state index contributed by atoms with van der Waals surface area (Å²) in [4.78, 5) is 46.7. The highest BCUT2D eigenvalue weighted by Gasteiger charge is 2.57. The molecule has 92 valence electrons. The van der Waals surface area contributed by atoms with Crippen molar-refractivity contribution in [3.05, 3.63) is 0 Å². The maximum atomic E-state index is 12.1. The molecule has 0 aromatic rings. The molecule has 0 atom stereocenters. The first-order chi connectivity index (χ1) is 7.97. The molecule has 7 nitrogen and oxygen atoms in total. The molecule has 2 aliphatic rings. The van der Waals surface area contributed by atoms with Gasteiger partial charge < -0.3 is 5.73 Å². The number of hydrogen-bond acceptors (Lipinski definition) is 4. The summed E-state index contributed by atoms with van der Waals surface area (Å²) in [5.41, 5.74) is 3.89. The third-order valence-electron chi connectivity index (χ3n) is 3.34. The number of carbonyl (C=O) groups excluding carboxylic acids is 4. The Morgan fingerprint density at radius 1 is 1.35 bits per heavy atom.